The molecule has 0 bridgehead atoms. The smallest absolute Gasteiger partial charge is 0.335 e. The van der Waals surface area contributed by atoms with Crippen molar-refractivity contribution in [1.82, 2.24) is 4.98 Å². The summed E-state index contributed by atoms with van der Waals surface area (Å²) in [5, 5.41) is 9.34. The Bertz CT molecular complexity index is 1620. The number of pyridine rings is 1. The standard InChI is InChI=1S/C13H15ClO.C13H21N.C10H20.C9H10O2.C7H14O.C2H6/c1-2-3-9-4-7-11(8-12(9)14)13(15)10-5-6-10;1-4-7-12(8-5-2)13-10-6-9-11(3)14-13;1-5-7-10(4)8-9(3)6-2;1-6-3-4-8(9(10)11)5-7(6)2;1-2-3-4-7-5-6-8-7;1-2/h4,7-8,10H,2-3,5-6H2,1H3;6,9-10,12H,4-5,7-8H2,1-3H3;7,9H,5-6,8H2,1-4H3;3-5H,1-2H3,(H,10,11);7H,2-6H2,1H3;1-2H3/b;;10-7-;;;. The molecule has 1 aliphatic heterocycles. The number of ketones is 1. The van der Waals surface area contributed by atoms with E-state index in [1.807, 2.05) is 52.0 Å². The molecule has 5 rings (SSSR count). The van der Waals surface area contributed by atoms with Crippen LogP contribution in [0.25, 0.3) is 0 Å². The number of ether oxygens (including phenoxy) is 1. The summed E-state index contributed by atoms with van der Waals surface area (Å²) in [5.41, 5.74) is 8.40. The Balaban J connectivity index is 0.000000729. The number of carbonyl (C=O) groups excluding carboxylic acids is 1. The summed E-state index contributed by atoms with van der Waals surface area (Å²) in [6.07, 6.45) is 21.2. The summed E-state index contributed by atoms with van der Waals surface area (Å²) < 4.78 is 5.23. The topological polar surface area (TPSA) is 76.5 Å². The number of rotatable bonds is 17. The Morgan fingerprint density at radius 2 is 1.48 bits per heavy atom. The maximum absolute atomic E-state index is 11.8. The number of unbranched alkanes of at least 4 members (excludes halogenated alkanes) is 1. The van der Waals surface area contributed by atoms with E-state index in [2.05, 4.69) is 91.6 Å². The van der Waals surface area contributed by atoms with Crippen molar-refractivity contribution in [3.63, 3.8) is 0 Å². The number of hydrogen-bond acceptors (Lipinski definition) is 4. The molecule has 5 nitrogen and oxygen atoms in total. The van der Waals surface area contributed by atoms with Gasteiger partial charge in [0, 0.05) is 40.4 Å². The number of allylic oxidation sites excluding steroid dienone is 2. The Kier molecular flexibility index (Phi) is 32.4. The van der Waals surface area contributed by atoms with Crippen LogP contribution in [0.15, 0.2) is 66.2 Å². The number of hydrogen-bond donors (Lipinski definition) is 1. The molecule has 0 radical (unpaired) electrons. The molecule has 60 heavy (non-hydrogen) atoms. The number of aryl methyl sites for hydroxylation is 4. The van der Waals surface area contributed by atoms with Gasteiger partial charge in [-0.05, 0) is 138 Å². The minimum absolute atomic E-state index is 0.264. The lowest BCUT2D eigenvalue weighted by molar-refractivity contribution is -0.0553. The molecule has 6 heteroatoms. The third-order valence-electron chi connectivity index (χ3n) is 10.8. The second-order valence-electron chi connectivity index (χ2n) is 16.4. The zero-order valence-corrected chi connectivity index (χ0v) is 41.1. The minimum Gasteiger partial charge on any atom is -0.478 e. The minimum atomic E-state index is -0.867. The van der Waals surface area contributed by atoms with Crippen molar-refractivity contribution in [3.05, 3.63) is 110 Å². The second kappa shape index (κ2) is 34.3. The van der Waals surface area contributed by atoms with Crippen molar-refractivity contribution >= 4 is 23.4 Å². The van der Waals surface area contributed by atoms with Crippen molar-refractivity contribution in [2.24, 2.45) is 11.8 Å². The summed E-state index contributed by atoms with van der Waals surface area (Å²) in [7, 11) is 0. The van der Waals surface area contributed by atoms with Crippen LogP contribution in [0, 0.1) is 32.6 Å². The van der Waals surface area contributed by atoms with E-state index >= 15 is 0 Å². The van der Waals surface area contributed by atoms with Crippen molar-refractivity contribution in [3.8, 4) is 0 Å². The largest absolute Gasteiger partial charge is 0.478 e. The SMILES string of the molecule is CC.CC/C=C(/C)CC(C)CC.CCCC(CCC)c1cccc(C)n1.CCCCC1CCO1.CCCc1ccc(C(=O)C2CC2)cc1Cl.Cc1ccc(C(=O)O)cc1C. The Morgan fingerprint density at radius 1 is 0.850 bits per heavy atom. The zero-order chi connectivity index (χ0) is 45.5. The van der Waals surface area contributed by atoms with Gasteiger partial charge >= 0.3 is 5.97 Å². The second-order valence-corrected chi connectivity index (χ2v) is 16.8. The number of carboxylic acids is 1. The normalized spacial score (nSPS) is 14.4. The van der Waals surface area contributed by atoms with Crippen LogP contribution in [-0.2, 0) is 11.2 Å². The average Bonchev–Trinajstić information content (AvgIpc) is 4.07. The molecule has 1 aromatic heterocycles. The van der Waals surface area contributed by atoms with Crippen LogP contribution in [0.5, 0.6) is 0 Å². The highest BCUT2D eigenvalue weighted by molar-refractivity contribution is 6.31. The van der Waals surface area contributed by atoms with Crippen molar-refractivity contribution in [2.45, 2.75) is 198 Å². The summed E-state index contributed by atoms with van der Waals surface area (Å²) in [4.78, 5) is 26.8. The fraction of sp³-hybridized carbons (Fsp3) is 0.611. The maximum atomic E-state index is 11.8. The van der Waals surface area contributed by atoms with Crippen LogP contribution in [0.1, 0.15) is 214 Å². The molecular formula is C54H86ClNO4. The van der Waals surface area contributed by atoms with Crippen molar-refractivity contribution in [2.75, 3.05) is 6.61 Å². The van der Waals surface area contributed by atoms with Crippen molar-refractivity contribution < 1.29 is 19.4 Å². The van der Waals surface area contributed by atoms with Crippen LogP contribution in [0.2, 0.25) is 5.02 Å². The van der Waals surface area contributed by atoms with E-state index in [4.69, 9.17) is 21.4 Å². The van der Waals surface area contributed by atoms with Crippen LogP contribution >= 0.6 is 11.6 Å². The van der Waals surface area contributed by atoms with E-state index in [1.54, 1.807) is 17.7 Å². The van der Waals surface area contributed by atoms with Gasteiger partial charge in [0.2, 0.25) is 0 Å². The van der Waals surface area contributed by atoms with Gasteiger partial charge < -0.3 is 9.84 Å². The first-order valence-corrected chi connectivity index (χ1v) is 24.0. The lowest BCUT2D eigenvalue weighted by Gasteiger charge is -2.25. The monoisotopic (exact) mass is 848 g/mol. The number of aromatic nitrogens is 1. The Morgan fingerprint density at radius 3 is 1.93 bits per heavy atom. The summed E-state index contributed by atoms with van der Waals surface area (Å²) in [6.45, 7) is 28.8. The van der Waals surface area contributed by atoms with Gasteiger partial charge in [0.05, 0.1) is 11.7 Å². The third kappa shape index (κ3) is 24.8. The molecule has 2 unspecified atom stereocenters. The van der Waals surface area contributed by atoms with Gasteiger partial charge in [0.1, 0.15) is 0 Å². The highest BCUT2D eigenvalue weighted by Gasteiger charge is 2.30. The van der Waals surface area contributed by atoms with Gasteiger partial charge in [-0.25, -0.2) is 4.79 Å². The molecule has 2 atom stereocenters. The third-order valence-corrected chi connectivity index (χ3v) is 11.1. The van der Waals surface area contributed by atoms with E-state index in [1.165, 1.54) is 76.3 Å². The average molecular weight is 849 g/mol. The number of halogens is 1. The van der Waals surface area contributed by atoms with E-state index in [9.17, 15) is 9.59 Å². The first-order valence-electron chi connectivity index (χ1n) is 23.6. The van der Waals surface area contributed by atoms with Gasteiger partial charge in [-0.15, -0.1) is 0 Å². The van der Waals surface area contributed by atoms with E-state index < -0.39 is 5.97 Å². The molecule has 338 valence electrons. The molecule has 2 fully saturated rings. The van der Waals surface area contributed by atoms with E-state index in [0.29, 0.717) is 17.6 Å². The molecule has 1 aliphatic carbocycles. The molecular weight excluding hydrogens is 762 g/mol. The van der Waals surface area contributed by atoms with E-state index in [0.717, 1.165) is 71.2 Å². The Labute approximate surface area is 373 Å². The fourth-order valence-corrected chi connectivity index (χ4v) is 6.90. The highest BCUT2D eigenvalue weighted by Crippen LogP contribution is 2.33. The molecule has 2 heterocycles. The number of nitrogens with zero attached hydrogens (tertiary/aromatic N) is 1. The first-order chi connectivity index (χ1) is 28.7. The lowest BCUT2D eigenvalue weighted by Crippen LogP contribution is -2.26. The first kappa shape index (κ1) is 56.7. The highest BCUT2D eigenvalue weighted by atomic mass is 35.5. The number of Topliss-reactive ketones (excluding diaryl/α,β-unsaturated/α-hetero) is 1. The predicted molar refractivity (Wildman–Crippen MR) is 260 cm³/mol. The van der Waals surface area contributed by atoms with E-state index in [-0.39, 0.29) is 11.7 Å². The molecule has 2 aromatic carbocycles. The van der Waals surface area contributed by atoms with Gasteiger partial charge in [0.15, 0.2) is 5.78 Å². The van der Waals surface area contributed by atoms with Gasteiger partial charge in [-0.3, -0.25) is 9.78 Å². The number of benzene rings is 2. The van der Waals surface area contributed by atoms with Gasteiger partial charge in [-0.1, -0.05) is 148 Å². The van der Waals surface area contributed by atoms with Crippen LogP contribution in [0.3, 0.4) is 0 Å². The fourth-order valence-electron chi connectivity index (χ4n) is 6.63. The molecule has 2 aliphatic rings. The van der Waals surface area contributed by atoms with Crippen LogP contribution in [-0.4, -0.2) is 34.6 Å². The summed E-state index contributed by atoms with van der Waals surface area (Å²) in [5.74, 6) is 1.21. The molecule has 1 N–H and O–H groups in total. The quantitative estimate of drug-likeness (QED) is 0.108. The summed E-state index contributed by atoms with van der Waals surface area (Å²) >= 11 is 6.13. The Hall–Kier alpha value is -3.28. The summed E-state index contributed by atoms with van der Waals surface area (Å²) in [6, 6.07) is 17.2. The zero-order valence-electron chi connectivity index (χ0n) is 40.4. The van der Waals surface area contributed by atoms with Crippen LogP contribution < -0.4 is 0 Å². The molecule has 1 saturated carbocycles. The lowest BCUT2D eigenvalue weighted by atomic mass is 9.94. The van der Waals surface area contributed by atoms with Gasteiger partial charge in [0.25, 0.3) is 0 Å². The number of carboxylic acid groups (broad SMARTS) is 1. The van der Waals surface area contributed by atoms with Crippen LogP contribution in [0.4, 0.5) is 0 Å². The molecule has 3 aromatic rings. The van der Waals surface area contributed by atoms with Crippen molar-refractivity contribution in [1.29, 1.82) is 0 Å². The van der Waals surface area contributed by atoms with Gasteiger partial charge in [-0.2, -0.15) is 0 Å². The molecule has 0 spiro atoms. The number of carbonyl (C=O) groups is 2. The number of aromatic carboxylic acids is 1. The molecule has 1 saturated heterocycles. The maximum Gasteiger partial charge on any atom is 0.335 e. The molecule has 0 amide bonds. The predicted octanol–water partition coefficient (Wildman–Crippen LogP) is 16.7.